The molecule has 2 aromatic rings. The van der Waals surface area contributed by atoms with Crippen molar-refractivity contribution in [3.05, 3.63) is 39.2 Å². The number of fused-ring (bicyclic) bond motifs is 1. The zero-order valence-electron chi connectivity index (χ0n) is 15.4. The fourth-order valence-electron chi connectivity index (χ4n) is 2.80. The summed E-state index contributed by atoms with van der Waals surface area (Å²) in [7, 11) is 2.82. The van der Waals surface area contributed by atoms with E-state index in [0.717, 1.165) is 0 Å². The Balaban J connectivity index is 1.89. The van der Waals surface area contributed by atoms with Crippen LogP contribution < -0.4 is 11.2 Å². The normalized spacial score (nSPS) is 19.4. The molecule has 0 bridgehead atoms. The van der Waals surface area contributed by atoms with Crippen LogP contribution >= 0.6 is 0 Å². The van der Waals surface area contributed by atoms with Crippen molar-refractivity contribution in [1.29, 1.82) is 0 Å². The third kappa shape index (κ3) is 2.77. The largest absolute Gasteiger partial charge is 0.486 e. The Morgan fingerprint density at radius 3 is 2.36 bits per heavy atom. The van der Waals surface area contributed by atoms with Gasteiger partial charge in [0.25, 0.3) is 5.56 Å². The van der Waals surface area contributed by atoms with Crippen molar-refractivity contribution in [2.75, 3.05) is 0 Å². The molecule has 0 amide bonds. The van der Waals surface area contributed by atoms with Crippen LogP contribution in [0.5, 0.6) is 0 Å². The highest BCUT2D eigenvalue weighted by Gasteiger charge is 2.49. The molecule has 9 heteroatoms. The first-order valence-corrected chi connectivity index (χ1v) is 8.18. The van der Waals surface area contributed by atoms with E-state index in [1.165, 1.54) is 15.5 Å². The second-order valence-corrected chi connectivity index (χ2v) is 7.34. The van der Waals surface area contributed by atoms with E-state index in [4.69, 9.17) is 9.31 Å². The van der Waals surface area contributed by atoms with Crippen LogP contribution in [0, 0.1) is 0 Å². The average molecular weight is 346 g/mol. The standard InChI is InChI=1S/C16H23BN4O4/c1-15(2)16(3,4)25-17(24-15)8-7-9-21-13(22)11-12(18-10-19(11)5)20(6)14(21)23/h7-8,10H,9H2,1-6H3/b8-7-. The highest BCUT2D eigenvalue weighted by atomic mass is 16.7. The lowest BCUT2D eigenvalue weighted by Gasteiger charge is -2.32. The van der Waals surface area contributed by atoms with Gasteiger partial charge in [0.2, 0.25) is 0 Å². The van der Waals surface area contributed by atoms with Crippen molar-refractivity contribution in [3.8, 4) is 0 Å². The SMILES string of the molecule is Cn1cnc2c1c(=O)n(C/C=C\B1OC(C)(C)C(C)(C)O1)c(=O)n2C. The van der Waals surface area contributed by atoms with Gasteiger partial charge in [0, 0.05) is 20.6 Å². The minimum absolute atomic E-state index is 0.136. The maximum absolute atomic E-state index is 12.6. The fourth-order valence-corrected chi connectivity index (χ4v) is 2.80. The number of aryl methyl sites for hydroxylation is 2. The van der Waals surface area contributed by atoms with Gasteiger partial charge >= 0.3 is 12.8 Å². The van der Waals surface area contributed by atoms with Gasteiger partial charge < -0.3 is 13.9 Å². The van der Waals surface area contributed by atoms with Crippen LogP contribution in [0.3, 0.4) is 0 Å². The molecule has 1 aliphatic heterocycles. The summed E-state index contributed by atoms with van der Waals surface area (Å²) in [5, 5.41) is 0. The van der Waals surface area contributed by atoms with Crippen LogP contribution in [0.1, 0.15) is 27.7 Å². The molecule has 3 heterocycles. The van der Waals surface area contributed by atoms with Crippen LogP contribution in [-0.2, 0) is 29.9 Å². The van der Waals surface area contributed by atoms with Crippen LogP contribution in [-0.4, -0.2) is 37.0 Å². The van der Waals surface area contributed by atoms with Crippen molar-refractivity contribution in [3.63, 3.8) is 0 Å². The summed E-state index contributed by atoms with van der Waals surface area (Å²) in [5.74, 6) is 1.73. The van der Waals surface area contributed by atoms with Gasteiger partial charge in [0.1, 0.15) is 0 Å². The smallest absolute Gasteiger partial charge is 0.400 e. The van der Waals surface area contributed by atoms with Gasteiger partial charge in [0.05, 0.1) is 17.5 Å². The van der Waals surface area contributed by atoms with Crippen LogP contribution in [0.4, 0.5) is 0 Å². The van der Waals surface area contributed by atoms with Gasteiger partial charge in [-0.1, -0.05) is 12.1 Å². The molecular formula is C16H23BN4O4. The maximum Gasteiger partial charge on any atom is 0.486 e. The number of imidazole rings is 1. The van der Waals surface area contributed by atoms with Crippen molar-refractivity contribution >= 4 is 18.3 Å². The van der Waals surface area contributed by atoms with Crippen LogP contribution in [0.25, 0.3) is 11.2 Å². The van der Waals surface area contributed by atoms with Crippen molar-refractivity contribution in [2.24, 2.45) is 14.1 Å². The minimum atomic E-state index is -0.509. The molecule has 2 aromatic heterocycles. The number of hydrogen-bond donors (Lipinski definition) is 0. The van der Waals surface area contributed by atoms with Crippen molar-refractivity contribution in [2.45, 2.75) is 45.4 Å². The highest BCUT2D eigenvalue weighted by molar-refractivity contribution is 6.51. The number of hydrogen-bond acceptors (Lipinski definition) is 5. The van der Waals surface area contributed by atoms with Gasteiger partial charge in [-0.25, -0.2) is 9.78 Å². The molecule has 0 spiro atoms. The molecule has 0 radical (unpaired) electrons. The van der Waals surface area contributed by atoms with E-state index in [9.17, 15) is 9.59 Å². The first kappa shape index (κ1) is 17.7. The molecule has 0 unspecified atom stereocenters. The lowest BCUT2D eigenvalue weighted by molar-refractivity contribution is 0.00578. The van der Waals surface area contributed by atoms with Crippen LogP contribution in [0.15, 0.2) is 28.0 Å². The van der Waals surface area contributed by atoms with Gasteiger partial charge in [-0.3, -0.25) is 13.9 Å². The van der Waals surface area contributed by atoms with Gasteiger partial charge in [0.15, 0.2) is 11.2 Å². The highest BCUT2D eigenvalue weighted by Crippen LogP contribution is 2.36. The van der Waals surface area contributed by atoms with E-state index >= 15 is 0 Å². The van der Waals surface area contributed by atoms with E-state index in [1.807, 2.05) is 27.7 Å². The summed E-state index contributed by atoms with van der Waals surface area (Å²) in [4.78, 5) is 29.1. The second-order valence-electron chi connectivity index (χ2n) is 7.34. The molecule has 134 valence electrons. The monoisotopic (exact) mass is 346 g/mol. The Bertz CT molecular complexity index is 951. The predicted octanol–water partition coefficient (Wildman–Crippen LogP) is 0.621. The Hall–Kier alpha value is -2.13. The van der Waals surface area contributed by atoms with Gasteiger partial charge in [-0.05, 0) is 27.7 Å². The van der Waals surface area contributed by atoms with E-state index in [1.54, 1.807) is 30.7 Å². The quantitative estimate of drug-likeness (QED) is 0.762. The average Bonchev–Trinajstić information content (AvgIpc) is 2.98. The summed E-state index contributed by atoms with van der Waals surface area (Å²) in [5.41, 5.74) is -0.855. The molecule has 0 aromatic carbocycles. The second kappa shape index (κ2) is 5.71. The van der Waals surface area contributed by atoms with Gasteiger partial charge in [-0.15, -0.1) is 0 Å². The lowest BCUT2D eigenvalue weighted by Crippen LogP contribution is -2.41. The van der Waals surface area contributed by atoms with E-state index < -0.39 is 24.0 Å². The molecule has 1 fully saturated rings. The van der Waals surface area contributed by atoms with Crippen LogP contribution in [0.2, 0.25) is 0 Å². The van der Waals surface area contributed by atoms with Gasteiger partial charge in [-0.2, -0.15) is 0 Å². The topological polar surface area (TPSA) is 80.3 Å². The summed E-state index contributed by atoms with van der Waals surface area (Å²) in [6, 6.07) is 0. The Kier molecular flexibility index (Phi) is 4.04. The molecule has 0 saturated carbocycles. The molecule has 0 N–H and O–H groups in total. The molecule has 0 aliphatic carbocycles. The molecule has 8 nitrogen and oxygen atoms in total. The minimum Gasteiger partial charge on any atom is -0.400 e. The van der Waals surface area contributed by atoms with Crippen molar-refractivity contribution < 1.29 is 9.31 Å². The first-order valence-electron chi connectivity index (χ1n) is 8.18. The molecule has 1 aliphatic rings. The lowest BCUT2D eigenvalue weighted by atomic mass is 9.90. The molecule has 3 rings (SSSR count). The maximum atomic E-state index is 12.6. The van der Waals surface area contributed by atoms with E-state index in [0.29, 0.717) is 11.2 Å². The third-order valence-electron chi connectivity index (χ3n) is 5.05. The molecule has 1 saturated heterocycles. The Morgan fingerprint density at radius 1 is 1.16 bits per heavy atom. The van der Waals surface area contributed by atoms with Crippen molar-refractivity contribution in [1.82, 2.24) is 18.7 Å². The zero-order valence-corrected chi connectivity index (χ0v) is 15.4. The fraction of sp³-hybridized carbons (Fsp3) is 0.562. The van der Waals surface area contributed by atoms with E-state index in [2.05, 4.69) is 4.98 Å². The number of aromatic nitrogens is 4. The van der Waals surface area contributed by atoms with E-state index in [-0.39, 0.29) is 12.1 Å². The number of allylic oxidation sites excluding steroid dienone is 1. The number of rotatable bonds is 3. The molecule has 0 atom stereocenters. The number of nitrogens with zero attached hydrogens (tertiary/aromatic N) is 4. The summed E-state index contributed by atoms with van der Waals surface area (Å²) < 4.78 is 15.9. The summed E-state index contributed by atoms with van der Waals surface area (Å²) in [6.45, 7) is 8.01. The summed E-state index contributed by atoms with van der Waals surface area (Å²) in [6.07, 6.45) is 3.24. The predicted molar refractivity (Wildman–Crippen MR) is 95.4 cm³/mol. The first-order chi connectivity index (χ1) is 11.5. The third-order valence-corrected chi connectivity index (χ3v) is 5.05. The Morgan fingerprint density at radius 2 is 1.76 bits per heavy atom. The molecular weight excluding hydrogens is 323 g/mol. The summed E-state index contributed by atoms with van der Waals surface area (Å²) >= 11 is 0. The zero-order chi connectivity index (χ0) is 18.6. The molecule has 25 heavy (non-hydrogen) atoms. The Labute approximate surface area is 145 Å².